The first-order valence-corrected chi connectivity index (χ1v) is 3.50. The third kappa shape index (κ3) is 0.856. The zero-order valence-corrected chi connectivity index (χ0v) is 5.66. The van der Waals surface area contributed by atoms with Crippen LogP contribution in [0, 0.1) is 0 Å². The summed E-state index contributed by atoms with van der Waals surface area (Å²) in [4.78, 5) is 3.90. The Hall–Kier alpha value is -1.05. The maximum Gasteiger partial charge on any atom is 0.174 e. The molecule has 0 aromatic heterocycles. The Morgan fingerprint density at radius 3 is 3.50 bits per heavy atom. The van der Waals surface area contributed by atoms with Crippen molar-refractivity contribution in [1.82, 2.24) is 0 Å². The molecule has 1 heterocycles. The molecule has 0 spiro atoms. The average Bonchev–Trinajstić information content (AvgIpc) is 2.05. The van der Waals surface area contributed by atoms with Crippen LogP contribution in [-0.2, 0) is 4.74 Å². The third-order valence-electron chi connectivity index (χ3n) is 1.79. The van der Waals surface area contributed by atoms with E-state index in [9.17, 15) is 0 Å². The van der Waals surface area contributed by atoms with Gasteiger partial charge in [0.1, 0.15) is 6.10 Å². The number of allylic oxidation sites excluding steroid dienone is 1. The largest absolute Gasteiger partial charge is 0.475 e. The molecule has 1 aliphatic carbocycles. The van der Waals surface area contributed by atoms with Crippen molar-refractivity contribution in [2.75, 3.05) is 0 Å². The molecule has 0 bridgehead atoms. The van der Waals surface area contributed by atoms with E-state index in [1.54, 1.807) is 0 Å². The summed E-state index contributed by atoms with van der Waals surface area (Å²) < 4.78 is 5.27. The maximum absolute atomic E-state index is 5.27. The Morgan fingerprint density at radius 1 is 1.60 bits per heavy atom. The molecule has 0 saturated carbocycles. The molecular weight excluding hydrogens is 126 g/mol. The Balaban J connectivity index is 2.27. The van der Waals surface area contributed by atoms with Gasteiger partial charge in [0.25, 0.3) is 0 Å². The normalized spacial score (nSPS) is 28.8. The molecule has 2 aliphatic rings. The number of hydrogen-bond donors (Lipinski definition) is 0. The Morgan fingerprint density at radius 2 is 2.60 bits per heavy atom. The highest BCUT2D eigenvalue weighted by molar-refractivity contribution is 5.52. The average molecular weight is 135 g/mol. The molecule has 1 aliphatic heterocycles. The van der Waals surface area contributed by atoms with Crippen molar-refractivity contribution in [3.63, 3.8) is 0 Å². The molecule has 10 heavy (non-hydrogen) atoms. The van der Waals surface area contributed by atoms with Crippen LogP contribution in [0.2, 0.25) is 0 Å². The van der Waals surface area contributed by atoms with Gasteiger partial charge >= 0.3 is 0 Å². The number of rotatable bonds is 0. The summed E-state index contributed by atoms with van der Waals surface area (Å²) in [6.07, 6.45) is 10.1. The molecule has 0 radical (unpaired) electrons. The van der Waals surface area contributed by atoms with Gasteiger partial charge in [0.2, 0.25) is 0 Å². The van der Waals surface area contributed by atoms with E-state index in [0.29, 0.717) is 0 Å². The minimum absolute atomic E-state index is 0.280. The Labute approximate surface area is 59.9 Å². The second kappa shape index (κ2) is 2.29. The SMILES string of the molecule is C1=CC2=CN=COC2CC1. The molecule has 2 nitrogen and oxygen atoms in total. The van der Waals surface area contributed by atoms with Crippen LogP contribution in [0.4, 0.5) is 0 Å². The van der Waals surface area contributed by atoms with Gasteiger partial charge in [0, 0.05) is 11.8 Å². The third-order valence-corrected chi connectivity index (χ3v) is 1.79. The summed E-state index contributed by atoms with van der Waals surface area (Å²) in [5.74, 6) is 0. The van der Waals surface area contributed by atoms with E-state index in [0.717, 1.165) is 12.8 Å². The fraction of sp³-hybridized carbons (Fsp3) is 0.375. The maximum atomic E-state index is 5.27. The molecule has 0 saturated heterocycles. The molecule has 0 aromatic rings. The lowest BCUT2D eigenvalue weighted by molar-refractivity contribution is 0.221. The van der Waals surface area contributed by atoms with E-state index in [1.807, 2.05) is 6.20 Å². The van der Waals surface area contributed by atoms with Gasteiger partial charge in [-0.25, -0.2) is 4.99 Å². The molecule has 0 aromatic carbocycles. The van der Waals surface area contributed by atoms with E-state index in [2.05, 4.69) is 17.1 Å². The molecule has 1 atom stereocenters. The topological polar surface area (TPSA) is 21.6 Å². The molecule has 0 N–H and O–H groups in total. The van der Waals surface area contributed by atoms with E-state index in [-0.39, 0.29) is 6.10 Å². The summed E-state index contributed by atoms with van der Waals surface area (Å²) in [6.45, 7) is 0. The number of nitrogens with zero attached hydrogens (tertiary/aromatic N) is 1. The van der Waals surface area contributed by atoms with Gasteiger partial charge in [-0.2, -0.15) is 0 Å². The van der Waals surface area contributed by atoms with E-state index in [4.69, 9.17) is 4.74 Å². The van der Waals surface area contributed by atoms with E-state index < -0.39 is 0 Å². The lowest BCUT2D eigenvalue weighted by Crippen LogP contribution is -2.18. The molecule has 0 amide bonds. The summed E-state index contributed by atoms with van der Waals surface area (Å²) in [7, 11) is 0. The monoisotopic (exact) mass is 135 g/mol. The molecule has 52 valence electrons. The van der Waals surface area contributed by atoms with Gasteiger partial charge in [-0.05, 0) is 12.8 Å². The summed E-state index contributed by atoms with van der Waals surface area (Å²) >= 11 is 0. The van der Waals surface area contributed by atoms with Crippen molar-refractivity contribution in [3.05, 3.63) is 23.9 Å². The van der Waals surface area contributed by atoms with Gasteiger partial charge in [-0.1, -0.05) is 12.2 Å². The van der Waals surface area contributed by atoms with Crippen molar-refractivity contribution < 1.29 is 4.74 Å². The van der Waals surface area contributed by atoms with Crippen LogP contribution >= 0.6 is 0 Å². The lowest BCUT2D eigenvalue weighted by atomic mass is 9.99. The molecule has 1 unspecified atom stereocenters. The second-order valence-electron chi connectivity index (χ2n) is 2.49. The molecule has 2 rings (SSSR count). The summed E-state index contributed by atoms with van der Waals surface area (Å²) in [6, 6.07) is 0. The minimum atomic E-state index is 0.280. The van der Waals surface area contributed by atoms with Gasteiger partial charge in [0.15, 0.2) is 6.40 Å². The van der Waals surface area contributed by atoms with Gasteiger partial charge < -0.3 is 4.74 Å². The fourth-order valence-corrected chi connectivity index (χ4v) is 1.24. The van der Waals surface area contributed by atoms with Gasteiger partial charge in [-0.3, -0.25) is 0 Å². The highest BCUT2D eigenvalue weighted by Gasteiger charge is 2.16. The number of aliphatic imine (C=N–C) groups is 1. The summed E-state index contributed by atoms with van der Waals surface area (Å²) in [5.41, 5.74) is 1.20. The number of hydrogen-bond acceptors (Lipinski definition) is 2. The number of ether oxygens (including phenoxy) is 1. The lowest BCUT2D eigenvalue weighted by Gasteiger charge is -2.21. The van der Waals surface area contributed by atoms with Crippen LogP contribution < -0.4 is 0 Å². The van der Waals surface area contributed by atoms with E-state index in [1.165, 1.54) is 12.0 Å². The molecule has 0 fully saturated rings. The zero-order chi connectivity index (χ0) is 6.81. The highest BCUT2D eigenvalue weighted by Crippen LogP contribution is 2.21. The van der Waals surface area contributed by atoms with Crippen LogP contribution in [0.15, 0.2) is 28.9 Å². The Kier molecular flexibility index (Phi) is 1.31. The van der Waals surface area contributed by atoms with Gasteiger partial charge in [0.05, 0.1) is 0 Å². The summed E-state index contributed by atoms with van der Waals surface area (Å²) in [5, 5.41) is 0. The van der Waals surface area contributed by atoms with Crippen LogP contribution in [0.3, 0.4) is 0 Å². The fourth-order valence-electron chi connectivity index (χ4n) is 1.24. The standard InChI is InChI=1S/C8H9NO/c1-2-4-8-7(3-1)5-9-6-10-8/h1,3,5-6,8H,2,4H2. The van der Waals surface area contributed by atoms with Crippen LogP contribution in [-0.4, -0.2) is 12.5 Å². The van der Waals surface area contributed by atoms with Crippen molar-refractivity contribution in [1.29, 1.82) is 0 Å². The number of fused-ring (bicyclic) bond motifs is 1. The first kappa shape index (κ1) is 5.71. The quantitative estimate of drug-likeness (QED) is 0.495. The predicted molar refractivity (Wildman–Crippen MR) is 39.8 cm³/mol. The Bertz CT molecular complexity index is 215. The van der Waals surface area contributed by atoms with E-state index >= 15 is 0 Å². The van der Waals surface area contributed by atoms with Crippen molar-refractivity contribution >= 4 is 6.40 Å². The zero-order valence-electron chi connectivity index (χ0n) is 5.66. The molecular formula is C8H9NO. The van der Waals surface area contributed by atoms with Gasteiger partial charge in [-0.15, -0.1) is 0 Å². The van der Waals surface area contributed by atoms with Crippen molar-refractivity contribution in [2.45, 2.75) is 18.9 Å². The van der Waals surface area contributed by atoms with Crippen molar-refractivity contribution in [3.8, 4) is 0 Å². The molecule has 2 heteroatoms. The first-order chi connectivity index (χ1) is 4.97. The van der Waals surface area contributed by atoms with Crippen LogP contribution in [0.5, 0.6) is 0 Å². The highest BCUT2D eigenvalue weighted by atomic mass is 16.5. The smallest absolute Gasteiger partial charge is 0.174 e. The van der Waals surface area contributed by atoms with Crippen molar-refractivity contribution in [2.24, 2.45) is 4.99 Å². The second-order valence-corrected chi connectivity index (χ2v) is 2.49. The first-order valence-electron chi connectivity index (χ1n) is 3.50. The minimum Gasteiger partial charge on any atom is -0.475 e. The predicted octanol–water partition coefficient (Wildman–Crippen LogP) is 1.65. The van der Waals surface area contributed by atoms with Crippen LogP contribution in [0.1, 0.15) is 12.8 Å². The van der Waals surface area contributed by atoms with Crippen LogP contribution in [0.25, 0.3) is 0 Å².